The Morgan fingerprint density at radius 1 is 1.25 bits per heavy atom. The van der Waals surface area contributed by atoms with Crippen LogP contribution >= 0.6 is 0 Å². The van der Waals surface area contributed by atoms with Gasteiger partial charge in [-0.2, -0.15) is 0 Å². The second-order valence-corrected chi connectivity index (χ2v) is 5.41. The van der Waals surface area contributed by atoms with Gasteiger partial charge in [-0.3, -0.25) is 0 Å². The fourth-order valence-corrected chi connectivity index (χ4v) is 2.00. The number of nitrogens with zero attached hydrogens (tertiary/aromatic N) is 2. The largest absolute Gasteiger partial charge is 0.409 e. The van der Waals surface area contributed by atoms with Gasteiger partial charge in [-0.05, 0) is 31.9 Å². The number of nitrogens with two attached hydrogens (primary N) is 1. The van der Waals surface area contributed by atoms with E-state index in [4.69, 9.17) is 10.9 Å². The Labute approximate surface area is 117 Å². The zero-order valence-corrected chi connectivity index (χ0v) is 12.2. The lowest BCUT2D eigenvalue weighted by atomic mass is 10.1. The molecule has 0 aliphatic heterocycles. The number of amidine groups is 1. The Morgan fingerprint density at radius 3 is 2.10 bits per heavy atom. The minimum absolute atomic E-state index is 0.0134. The van der Waals surface area contributed by atoms with Gasteiger partial charge in [0.15, 0.2) is 5.84 Å². The van der Waals surface area contributed by atoms with Crippen molar-refractivity contribution in [1.82, 2.24) is 0 Å². The average molecular weight is 285 g/mol. The van der Waals surface area contributed by atoms with E-state index < -0.39 is 11.6 Å². The predicted molar refractivity (Wildman–Crippen MR) is 76.2 cm³/mol. The highest BCUT2D eigenvalue weighted by molar-refractivity contribution is 5.97. The number of hydrogen-bond donors (Lipinski definition) is 2. The summed E-state index contributed by atoms with van der Waals surface area (Å²) in [5.41, 5.74) is 5.28. The highest BCUT2D eigenvalue weighted by Crippen LogP contribution is 2.27. The molecule has 0 bridgehead atoms. The molecular weight excluding hydrogens is 264 g/mol. The molecule has 1 aromatic rings. The number of rotatable bonds is 5. The summed E-state index contributed by atoms with van der Waals surface area (Å²) in [7, 11) is 0. The third-order valence-electron chi connectivity index (χ3n) is 2.89. The molecule has 112 valence electrons. The molecule has 0 fully saturated rings. The van der Waals surface area contributed by atoms with Gasteiger partial charge in [-0.1, -0.05) is 19.0 Å². The third-order valence-corrected chi connectivity index (χ3v) is 2.89. The van der Waals surface area contributed by atoms with E-state index in [1.807, 2.05) is 27.7 Å². The fourth-order valence-electron chi connectivity index (χ4n) is 2.00. The minimum atomic E-state index is -0.721. The lowest BCUT2D eigenvalue weighted by Crippen LogP contribution is -2.35. The zero-order valence-electron chi connectivity index (χ0n) is 12.2. The number of anilines is 1. The SMILES string of the molecule is CC(C)CN(c1c(F)cc(C(N)=NO)cc1F)C(C)C. The van der Waals surface area contributed by atoms with Crippen molar-refractivity contribution in [3.8, 4) is 0 Å². The Kier molecular flexibility index (Phi) is 5.30. The van der Waals surface area contributed by atoms with Crippen LogP contribution < -0.4 is 10.6 Å². The molecule has 3 N–H and O–H groups in total. The Balaban J connectivity index is 3.30. The van der Waals surface area contributed by atoms with Gasteiger partial charge >= 0.3 is 0 Å². The van der Waals surface area contributed by atoms with Crippen molar-refractivity contribution in [3.05, 3.63) is 29.3 Å². The second kappa shape index (κ2) is 6.54. The number of benzene rings is 1. The first-order chi connectivity index (χ1) is 9.27. The van der Waals surface area contributed by atoms with E-state index in [0.29, 0.717) is 6.54 Å². The molecule has 1 aromatic carbocycles. The first-order valence-electron chi connectivity index (χ1n) is 6.51. The summed E-state index contributed by atoms with van der Waals surface area (Å²) in [6.45, 7) is 8.25. The van der Waals surface area contributed by atoms with Crippen LogP contribution in [-0.2, 0) is 0 Å². The average Bonchev–Trinajstić information content (AvgIpc) is 2.34. The van der Waals surface area contributed by atoms with Crippen LogP contribution in [0.5, 0.6) is 0 Å². The Hall–Kier alpha value is -1.85. The molecule has 20 heavy (non-hydrogen) atoms. The zero-order chi connectivity index (χ0) is 15.4. The number of hydrogen-bond acceptors (Lipinski definition) is 3. The second-order valence-electron chi connectivity index (χ2n) is 5.41. The van der Waals surface area contributed by atoms with Crippen LogP contribution in [0, 0.1) is 17.6 Å². The minimum Gasteiger partial charge on any atom is -0.409 e. The molecule has 0 radical (unpaired) electrons. The lowest BCUT2D eigenvalue weighted by molar-refractivity contribution is 0.318. The molecular formula is C14H21F2N3O. The molecule has 0 heterocycles. The molecule has 4 nitrogen and oxygen atoms in total. The smallest absolute Gasteiger partial charge is 0.170 e. The predicted octanol–water partition coefficient (Wildman–Crippen LogP) is 2.93. The van der Waals surface area contributed by atoms with Crippen LogP contribution in [0.4, 0.5) is 14.5 Å². The van der Waals surface area contributed by atoms with Gasteiger partial charge in [-0.25, -0.2) is 8.78 Å². The molecule has 0 saturated heterocycles. The molecule has 0 spiro atoms. The van der Waals surface area contributed by atoms with E-state index >= 15 is 0 Å². The van der Waals surface area contributed by atoms with Crippen molar-refractivity contribution < 1.29 is 14.0 Å². The highest BCUT2D eigenvalue weighted by atomic mass is 19.1. The Morgan fingerprint density at radius 2 is 1.75 bits per heavy atom. The van der Waals surface area contributed by atoms with Gasteiger partial charge in [0.2, 0.25) is 0 Å². The van der Waals surface area contributed by atoms with Crippen LogP contribution in [0.2, 0.25) is 0 Å². The maximum atomic E-state index is 14.2. The first kappa shape index (κ1) is 16.2. The molecule has 0 atom stereocenters. The molecule has 6 heteroatoms. The lowest BCUT2D eigenvalue weighted by Gasteiger charge is -2.31. The quantitative estimate of drug-likeness (QED) is 0.378. The monoisotopic (exact) mass is 285 g/mol. The van der Waals surface area contributed by atoms with Crippen LogP contribution in [0.15, 0.2) is 17.3 Å². The van der Waals surface area contributed by atoms with Gasteiger partial charge in [0.1, 0.15) is 17.3 Å². The van der Waals surface area contributed by atoms with E-state index in [0.717, 1.165) is 12.1 Å². The standard InChI is InChI=1S/C14H21F2N3O/c1-8(2)7-19(9(3)4)13-11(15)5-10(6-12(13)16)14(17)18-20/h5-6,8-9,20H,7H2,1-4H3,(H2,17,18). The van der Waals surface area contributed by atoms with Crippen molar-refractivity contribution in [1.29, 1.82) is 0 Å². The molecule has 0 aromatic heterocycles. The van der Waals surface area contributed by atoms with Crippen LogP contribution in [0.25, 0.3) is 0 Å². The summed E-state index contributed by atoms with van der Waals surface area (Å²) in [4.78, 5) is 1.67. The van der Waals surface area contributed by atoms with Crippen molar-refractivity contribution in [3.63, 3.8) is 0 Å². The van der Waals surface area contributed by atoms with Gasteiger partial charge in [0, 0.05) is 18.2 Å². The molecule has 0 saturated carbocycles. The van der Waals surface area contributed by atoms with Crippen LogP contribution in [0.3, 0.4) is 0 Å². The molecule has 0 amide bonds. The summed E-state index contributed by atoms with van der Waals surface area (Å²) in [5.74, 6) is -1.50. The van der Waals surface area contributed by atoms with Crippen molar-refractivity contribution in [2.45, 2.75) is 33.7 Å². The first-order valence-corrected chi connectivity index (χ1v) is 6.51. The summed E-state index contributed by atoms with van der Waals surface area (Å²) < 4.78 is 28.4. The van der Waals surface area contributed by atoms with E-state index in [2.05, 4.69) is 5.16 Å². The molecule has 0 aliphatic rings. The number of halogens is 2. The van der Waals surface area contributed by atoms with Crippen LogP contribution in [-0.4, -0.2) is 23.6 Å². The summed E-state index contributed by atoms with van der Waals surface area (Å²) in [5, 5.41) is 11.3. The summed E-state index contributed by atoms with van der Waals surface area (Å²) in [6.07, 6.45) is 0. The third kappa shape index (κ3) is 3.59. The topological polar surface area (TPSA) is 61.8 Å². The van der Waals surface area contributed by atoms with E-state index in [-0.39, 0.29) is 29.0 Å². The van der Waals surface area contributed by atoms with Crippen molar-refractivity contribution in [2.24, 2.45) is 16.8 Å². The summed E-state index contributed by atoms with van der Waals surface area (Å²) >= 11 is 0. The Bertz CT molecular complexity index is 478. The van der Waals surface area contributed by atoms with E-state index in [1.54, 1.807) is 4.90 Å². The van der Waals surface area contributed by atoms with Gasteiger partial charge in [-0.15, -0.1) is 0 Å². The van der Waals surface area contributed by atoms with Gasteiger partial charge in [0.25, 0.3) is 0 Å². The van der Waals surface area contributed by atoms with Crippen LogP contribution in [0.1, 0.15) is 33.3 Å². The number of oxime groups is 1. The van der Waals surface area contributed by atoms with Gasteiger partial charge in [0.05, 0.1) is 0 Å². The molecule has 1 rings (SSSR count). The van der Waals surface area contributed by atoms with Crippen molar-refractivity contribution >= 4 is 11.5 Å². The highest BCUT2D eigenvalue weighted by Gasteiger charge is 2.22. The molecule has 0 aliphatic carbocycles. The maximum Gasteiger partial charge on any atom is 0.170 e. The van der Waals surface area contributed by atoms with Crippen molar-refractivity contribution in [2.75, 3.05) is 11.4 Å². The normalized spacial score (nSPS) is 12.3. The maximum absolute atomic E-state index is 14.2. The van der Waals surface area contributed by atoms with E-state index in [9.17, 15) is 8.78 Å². The summed E-state index contributed by atoms with van der Waals surface area (Å²) in [6, 6.07) is 2.10. The molecule has 0 unspecified atom stereocenters. The fraction of sp³-hybridized carbons (Fsp3) is 0.500. The van der Waals surface area contributed by atoms with E-state index in [1.165, 1.54) is 0 Å². The van der Waals surface area contributed by atoms with Gasteiger partial charge < -0.3 is 15.8 Å².